The van der Waals surface area contributed by atoms with Gasteiger partial charge in [-0.15, -0.1) is 11.6 Å². The monoisotopic (exact) mass is 237 g/mol. The summed E-state index contributed by atoms with van der Waals surface area (Å²) in [6.45, 7) is 4.12. The van der Waals surface area contributed by atoms with Gasteiger partial charge in [-0.25, -0.2) is 0 Å². The predicted molar refractivity (Wildman–Crippen MR) is 67.1 cm³/mol. The maximum absolute atomic E-state index is 5.71. The Morgan fingerprint density at radius 1 is 1.29 bits per heavy atom. The Kier molecular flexibility index (Phi) is 10.3. The van der Waals surface area contributed by atoms with Crippen molar-refractivity contribution in [2.45, 2.75) is 25.4 Å². The molecule has 0 aliphatic rings. The van der Waals surface area contributed by atoms with Gasteiger partial charge >= 0.3 is 0 Å². The number of hydrogen-bond acceptors (Lipinski definition) is 2. The zero-order valence-corrected chi connectivity index (χ0v) is 11.7. The van der Waals surface area contributed by atoms with Crippen LogP contribution in [0.4, 0.5) is 0 Å². The molecular weight excluding hydrogens is 214 g/mol. The molecule has 0 aromatic carbocycles. The molecule has 2 nitrogen and oxygen atoms in total. The normalized spacial score (nSPS) is 13.5. The van der Waals surface area contributed by atoms with Gasteiger partial charge in [0.2, 0.25) is 0 Å². The number of nitrogens with zero attached hydrogens (tertiary/aromatic N) is 1. The van der Waals surface area contributed by atoms with Crippen LogP contribution in [0.15, 0.2) is 0 Å². The van der Waals surface area contributed by atoms with E-state index in [-0.39, 0.29) is 0 Å². The third-order valence-electron chi connectivity index (χ3n) is 2.29. The lowest BCUT2D eigenvalue weighted by molar-refractivity contribution is 0.189. The number of alkyl halides is 1. The molecule has 4 heteroatoms. The van der Waals surface area contributed by atoms with E-state index in [1.54, 1.807) is 0 Å². The zero-order chi connectivity index (χ0) is 10.8. The molecule has 14 heavy (non-hydrogen) atoms. The molecule has 0 fully saturated rings. The molecule has 1 unspecified atom stereocenters. The molecule has 0 rings (SSSR count). The van der Waals surface area contributed by atoms with Gasteiger partial charge in [0.15, 0.2) is 0 Å². The fourth-order valence-corrected chi connectivity index (χ4v) is 4.67. The van der Waals surface area contributed by atoms with Crippen molar-refractivity contribution < 1.29 is 4.74 Å². The summed E-state index contributed by atoms with van der Waals surface area (Å²) < 4.78 is 5.53. The summed E-state index contributed by atoms with van der Waals surface area (Å²) in [5, 5.41) is 0. The highest BCUT2D eigenvalue weighted by atomic mass is 35.5. The predicted octanol–water partition coefficient (Wildman–Crippen LogP) is 1.98. The van der Waals surface area contributed by atoms with E-state index in [9.17, 15) is 0 Å². The summed E-state index contributed by atoms with van der Waals surface area (Å²) in [5.41, 5.74) is 0. The van der Waals surface area contributed by atoms with Crippen molar-refractivity contribution in [3.63, 3.8) is 0 Å². The molecule has 0 bridgehead atoms. The van der Waals surface area contributed by atoms with Gasteiger partial charge in [-0.3, -0.25) is 0 Å². The molecule has 0 radical (unpaired) electrons. The topological polar surface area (TPSA) is 12.5 Å². The van der Waals surface area contributed by atoms with Gasteiger partial charge < -0.3 is 9.64 Å². The van der Waals surface area contributed by atoms with E-state index in [0.717, 1.165) is 18.7 Å². The van der Waals surface area contributed by atoms with Gasteiger partial charge in [-0.2, -0.15) is 0 Å². The maximum atomic E-state index is 5.71. The molecule has 0 N–H and O–H groups in total. The second kappa shape index (κ2) is 9.96. The first-order valence-electron chi connectivity index (χ1n) is 5.49. The lowest BCUT2D eigenvalue weighted by Gasteiger charge is -2.17. The van der Waals surface area contributed by atoms with Gasteiger partial charge in [0.1, 0.15) is 0 Å². The van der Waals surface area contributed by atoms with Crippen molar-refractivity contribution >= 4 is 20.4 Å². The molecule has 0 aromatic rings. The van der Waals surface area contributed by atoms with Crippen molar-refractivity contribution in [2.24, 2.45) is 0 Å². The first-order chi connectivity index (χ1) is 6.70. The highest BCUT2D eigenvalue weighted by Crippen LogP contribution is 2.06. The van der Waals surface area contributed by atoms with Gasteiger partial charge in [0.25, 0.3) is 0 Å². The van der Waals surface area contributed by atoms with E-state index in [2.05, 4.69) is 25.9 Å². The van der Waals surface area contributed by atoms with Crippen molar-refractivity contribution in [3.8, 4) is 0 Å². The standard InChI is InChI=1S/C10H24ClNOSi/c1-4-13-10-14(8-5-6-11)9-7-12(2)3/h14H,4-10H2,1-3H3. The smallest absolute Gasteiger partial charge is 0.0690 e. The molecule has 0 heterocycles. The average molecular weight is 238 g/mol. The van der Waals surface area contributed by atoms with E-state index in [0.29, 0.717) is 0 Å². The van der Waals surface area contributed by atoms with Crippen molar-refractivity contribution in [1.82, 2.24) is 4.90 Å². The Morgan fingerprint density at radius 3 is 2.50 bits per heavy atom. The van der Waals surface area contributed by atoms with Crippen LogP contribution in [0, 0.1) is 0 Å². The Morgan fingerprint density at radius 2 is 2.00 bits per heavy atom. The molecule has 0 amide bonds. The van der Waals surface area contributed by atoms with Crippen LogP contribution in [0.25, 0.3) is 0 Å². The largest absolute Gasteiger partial charge is 0.385 e. The third-order valence-corrected chi connectivity index (χ3v) is 5.56. The van der Waals surface area contributed by atoms with Crippen molar-refractivity contribution in [3.05, 3.63) is 0 Å². The average Bonchev–Trinajstić information content (AvgIpc) is 2.16. The highest BCUT2D eigenvalue weighted by Gasteiger charge is 2.10. The Bertz CT molecular complexity index is 117. The van der Waals surface area contributed by atoms with Gasteiger partial charge in [-0.05, 0) is 40.0 Å². The molecule has 0 aliphatic carbocycles. The zero-order valence-electron chi connectivity index (χ0n) is 9.76. The molecular formula is C10H24ClNOSi. The summed E-state index contributed by atoms with van der Waals surface area (Å²) in [7, 11) is 3.59. The number of rotatable bonds is 9. The van der Waals surface area contributed by atoms with Crippen LogP contribution in [-0.4, -0.2) is 53.1 Å². The second-order valence-electron chi connectivity index (χ2n) is 3.95. The molecule has 0 aliphatic heterocycles. The molecule has 0 spiro atoms. The summed E-state index contributed by atoms with van der Waals surface area (Å²) >= 11 is 5.71. The minimum absolute atomic E-state index is 0.674. The van der Waals surface area contributed by atoms with Crippen LogP contribution in [0.5, 0.6) is 0 Å². The lowest BCUT2D eigenvalue weighted by atomic mass is 10.6. The van der Waals surface area contributed by atoms with Crippen molar-refractivity contribution in [2.75, 3.05) is 39.4 Å². The van der Waals surface area contributed by atoms with E-state index in [1.807, 2.05) is 0 Å². The number of hydrogen-bond donors (Lipinski definition) is 0. The Balaban J connectivity index is 3.60. The minimum atomic E-state index is -0.674. The Labute approximate surface area is 95.2 Å². The van der Waals surface area contributed by atoms with E-state index in [1.165, 1.54) is 25.1 Å². The summed E-state index contributed by atoms with van der Waals surface area (Å²) in [4.78, 5) is 2.26. The van der Waals surface area contributed by atoms with Gasteiger partial charge in [-0.1, -0.05) is 6.04 Å². The SMILES string of the molecule is CCOC[SiH](CCCCl)CCN(C)C. The van der Waals surface area contributed by atoms with Crippen LogP contribution < -0.4 is 0 Å². The van der Waals surface area contributed by atoms with E-state index < -0.39 is 8.80 Å². The minimum Gasteiger partial charge on any atom is -0.385 e. The summed E-state index contributed by atoms with van der Waals surface area (Å²) in [5.74, 6) is 0.803. The van der Waals surface area contributed by atoms with Crippen LogP contribution in [0.1, 0.15) is 13.3 Å². The lowest BCUT2D eigenvalue weighted by Crippen LogP contribution is -2.26. The second-order valence-corrected chi connectivity index (χ2v) is 7.55. The molecule has 0 saturated carbocycles. The fourth-order valence-electron chi connectivity index (χ4n) is 1.40. The van der Waals surface area contributed by atoms with Gasteiger partial charge in [0.05, 0.1) is 8.80 Å². The third kappa shape index (κ3) is 9.00. The Hall–Kier alpha value is 0.427. The van der Waals surface area contributed by atoms with Crippen LogP contribution in [0.3, 0.4) is 0 Å². The molecule has 1 atom stereocenters. The summed E-state index contributed by atoms with van der Waals surface area (Å²) in [6.07, 6.45) is 2.19. The van der Waals surface area contributed by atoms with Gasteiger partial charge in [0, 0.05) is 18.7 Å². The quantitative estimate of drug-likeness (QED) is 0.449. The van der Waals surface area contributed by atoms with Crippen molar-refractivity contribution in [1.29, 1.82) is 0 Å². The van der Waals surface area contributed by atoms with E-state index >= 15 is 0 Å². The molecule has 0 saturated heterocycles. The maximum Gasteiger partial charge on any atom is 0.0690 e. The fraction of sp³-hybridized carbons (Fsp3) is 1.00. The molecule has 0 aromatic heterocycles. The van der Waals surface area contributed by atoms with Crippen LogP contribution in [0.2, 0.25) is 12.1 Å². The first-order valence-corrected chi connectivity index (χ1v) is 8.47. The van der Waals surface area contributed by atoms with Crippen LogP contribution in [-0.2, 0) is 4.74 Å². The van der Waals surface area contributed by atoms with E-state index in [4.69, 9.17) is 16.3 Å². The number of halogens is 1. The number of ether oxygens (including phenoxy) is 1. The summed E-state index contributed by atoms with van der Waals surface area (Å²) in [6, 6.07) is 2.68. The first kappa shape index (κ1) is 14.4. The molecule has 86 valence electrons. The highest BCUT2D eigenvalue weighted by molar-refractivity contribution is 6.58. The van der Waals surface area contributed by atoms with Crippen LogP contribution >= 0.6 is 11.6 Å².